The van der Waals surface area contributed by atoms with Crippen molar-refractivity contribution in [2.45, 2.75) is 12.7 Å². The fraction of sp³-hybridized carbons (Fsp3) is 0.429. The summed E-state index contributed by atoms with van der Waals surface area (Å²) in [6.45, 7) is 2.24. The van der Waals surface area contributed by atoms with E-state index < -0.39 is 5.97 Å². The van der Waals surface area contributed by atoms with Gasteiger partial charge in [-0.15, -0.1) is 11.8 Å². The fourth-order valence-electron chi connectivity index (χ4n) is 1.42. The largest absolute Gasteiger partial charge is 0.480 e. The summed E-state index contributed by atoms with van der Waals surface area (Å²) in [7, 11) is 0. The van der Waals surface area contributed by atoms with Gasteiger partial charge in [-0.1, -0.05) is 29.8 Å². The number of aliphatic carboxylic acids is 1. The summed E-state index contributed by atoms with van der Waals surface area (Å²) in [5, 5.41) is 11.0. The number of carbonyl (C=O) groups is 2. The highest BCUT2D eigenvalue weighted by Crippen LogP contribution is 2.12. The van der Waals surface area contributed by atoms with Crippen molar-refractivity contribution in [2.75, 3.05) is 25.5 Å². The molecule has 1 amide bonds. The van der Waals surface area contributed by atoms with Crippen LogP contribution in [0, 0.1) is 6.92 Å². The Kier molecular flexibility index (Phi) is 7.75. The lowest BCUT2D eigenvalue weighted by Crippen LogP contribution is -2.29. The van der Waals surface area contributed by atoms with E-state index in [1.165, 1.54) is 11.1 Å². The Morgan fingerprint density at radius 3 is 2.65 bits per heavy atom. The zero-order valence-electron chi connectivity index (χ0n) is 11.4. The average molecular weight is 297 g/mol. The van der Waals surface area contributed by atoms with Gasteiger partial charge in [0, 0.05) is 12.3 Å². The topological polar surface area (TPSA) is 75.6 Å². The molecular formula is C14H19NO4S. The number of benzene rings is 1. The Balaban J connectivity index is 2.05. The molecule has 20 heavy (non-hydrogen) atoms. The molecule has 0 bridgehead atoms. The number of ether oxygens (including phenoxy) is 1. The first kappa shape index (κ1) is 16.5. The lowest BCUT2D eigenvalue weighted by Gasteiger charge is -2.05. The number of carbonyl (C=O) groups excluding carboxylic acids is 1. The molecule has 0 saturated carbocycles. The second kappa shape index (κ2) is 9.39. The molecular weight excluding hydrogens is 278 g/mol. The smallest absolute Gasteiger partial charge is 0.329 e. The summed E-state index contributed by atoms with van der Waals surface area (Å²) in [5.74, 6) is 0.0988. The van der Waals surface area contributed by atoms with Gasteiger partial charge in [-0.2, -0.15) is 0 Å². The molecule has 5 nitrogen and oxygen atoms in total. The lowest BCUT2D eigenvalue weighted by atomic mass is 10.2. The summed E-state index contributed by atoms with van der Waals surface area (Å²) < 4.78 is 4.81. The molecule has 2 N–H and O–H groups in total. The van der Waals surface area contributed by atoms with Gasteiger partial charge in [0.25, 0.3) is 0 Å². The van der Waals surface area contributed by atoms with E-state index in [2.05, 4.69) is 29.6 Å². The van der Waals surface area contributed by atoms with Crippen LogP contribution in [0.5, 0.6) is 0 Å². The first-order valence-corrected chi connectivity index (χ1v) is 7.43. The summed E-state index contributed by atoms with van der Waals surface area (Å²) in [6.07, 6.45) is 0. The zero-order valence-corrected chi connectivity index (χ0v) is 12.2. The van der Waals surface area contributed by atoms with Crippen LogP contribution in [0.2, 0.25) is 0 Å². The van der Waals surface area contributed by atoms with E-state index in [-0.39, 0.29) is 19.1 Å². The number of amides is 1. The molecule has 0 radical (unpaired) electrons. The number of rotatable bonds is 9. The van der Waals surface area contributed by atoms with Crippen LogP contribution in [-0.4, -0.2) is 42.5 Å². The zero-order chi connectivity index (χ0) is 14.8. The van der Waals surface area contributed by atoms with E-state index in [1.807, 2.05) is 6.92 Å². The maximum Gasteiger partial charge on any atom is 0.329 e. The Morgan fingerprint density at radius 2 is 2.00 bits per heavy atom. The van der Waals surface area contributed by atoms with Crippen LogP contribution in [0.15, 0.2) is 24.3 Å². The number of hydrogen-bond acceptors (Lipinski definition) is 4. The van der Waals surface area contributed by atoms with Gasteiger partial charge in [0.1, 0.15) is 6.61 Å². The first-order valence-electron chi connectivity index (χ1n) is 6.27. The van der Waals surface area contributed by atoms with Gasteiger partial charge in [0.15, 0.2) is 0 Å². The highest BCUT2D eigenvalue weighted by molar-refractivity contribution is 7.99. The molecule has 0 unspecified atom stereocenters. The normalized spacial score (nSPS) is 10.2. The van der Waals surface area contributed by atoms with Crippen LogP contribution in [0.1, 0.15) is 11.1 Å². The van der Waals surface area contributed by atoms with Gasteiger partial charge in [-0.25, -0.2) is 4.79 Å². The van der Waals surface area contributed by atoms with Crippen LogP contribution in [0.3, 0.4) is 0 Å². The first-order chi connectivity index (χ1) is 9.58. The van der Waals surface area contributed by atoms with Crippen molar-refractivity contribution < 1.29 is 19.4 Å². The molecule has 0 atom stereocenters. The monoisotopic (exact) mass is 297 g/mol. The maximum atomic E-state index is 11.5. The van der Waals surface area contributed by atoms with E-state index in [4.69, 9.17) is 9.84 Å². The van der Waals surface area contributed by atoms with Crippen LogP contribution in [0.4, 0.5) is 0 Å². The van der Waals surface area contributed by atoms with Crippen molar-refractivity contribution in [1.29, 1.82) is 0 Å². The number of carboxylic acid groups (broad SMARTS) is 1. The standard InChI is InChI=1S/C14H19NO4S/c1-11-2-4-12(5-3-11)9-20-10-13(16)15-6-7-19-8-14(17)18/h2-5H,6-10H2,1H3,(H,15,16)(H,17,18). The molecule has 0 aliphatic rings. The predicted octanol–water partition coefficient (Wildman–Crippen LogP) is 1.45. The molecule has 1 aromatic carbocycles. The van der Waals surface area contributed by atoms with E-state index in [0.717, 1.165) is 5.75 Å². The highest BCUT2D eigenvalue weighted by Gasteiger charge is 2.02. The summed E-state index contributed by atoms with van der Waals surface area (Å²) in [4.78, 5) is 21.7. The van der Waals surface area contributed by atoms with Gasteiger partial charge in [-0.05, 0) is 12.5 Å². The number of hydrogen-bond donors (Lipinski definition) is 2. The van der Waals surface area contributed by atoms with Crippen molar-refractivity contribution in [3.05, 3.63) is 35.4 Å². The minimum absolute atomic E-state index is 0.0685. The van der Waals surface area contributed by atoms with Gasteiger partial charge >= 0.3 is 5.97 Å². The van der Waals surface area contributed by atoms with E-state index >= 15 is 0 Å². The number of aryl methyl sites for hydroxylation is 1. The van der Waals surface area contributed by atoms with Crippen LogP contribution in [-0.2, 0) is 20.1 Å². The van der Waals surface area contributed by atoms with E-state index in [9.17, 15) is 9.59 Å². The molecule has 0 fully saturated rings. The Morgan fingerprint density at radius 1 is 1.30 bits per heavy atom. The summed E-state index contributed by atoms with van der Waals surface area (Å²) >= 11 is 1.54. The molecule has 0 saturated heterocycles. The van der Waals surface area contributed by atoms with Crippen molar-refractivity contribution in [3.8, 4) is 0 Å². The molecule has 0 aliphatic carbocycles. The summed E-state index contributed by atoms with van der Waals surface area (Å²) in [6, 6.07) is 8.21. The Labute approximate surface area is 122 Å². The fourth-order valence-corrected chi connectivity index (χ4v) is 2.24. The van der Waals surface area contributed by atoms with Crippen molar-refractivity contribution in [2.24, 2.45) is 0 Å². The molecule has 6 heteroatoms. The summed E-state index contributed by atoms with van der Waals surface area (Å²) in [5.41, 5.74) is 2.41. The Hall–Kier alpha value is -1.53. The predicted molar refractivity (Wildman–Crippen MR) is 78.8 cm³/mol. The van der Waals surface area contributed by atoms with Gasteiger partial charge in [-0.3, -0.25) is 4.79 Å². The lowest BCUT2D eigenvalue weighted by molar-refractivity contribution is -0.142. The molecule has 0 aromatic heterocycles. The molecule has 0 spiro atoms. The third-order valence-corrected chi connectivity index (χ3v) is 3.42. The number of carboxylic acids is 1. The minimum Gasteiger partial charge on any atom is -0.480 e. The quantitative estimate of drug-likeness (QED) is 0.675. The molecule has 0 heterocycles. The van der Waals surface area contributed by atoms with Crippen LogP contribution in [0.25, 0.3) is 0 Å². The second-order valence-electron chi connectivity index (χ2n) is 4.27. The number of nitrogens with one attached hydrogen (secondary N) is 1. The second-order valence-corrected chi connectivity index (χ2v) is 5.26. The van der Waals surface area contributed by atoms with E-state index in [0.29, 0.717) is 12.3 Å². The minimum atomic E-state index is -1.01. The van der Waals surface area contributed by atoms with Crippen LogP contribution < -0.4 is 5.32 Å². The molecule has 110 valence electrons. The molecule has 0 aliphatic heterocycles. The van der Waals surface area contributed by atoms with Gasteiger partial charge in [0.2, 0.25) is 5.91 Å². The molecule has 1 aromatic rings. The third-order valence-electron chi connectivity index (χ3n) is 2.42. The SMILES string of the molecule is Cc1ccc(CSCC(=O)NCCOCC(=O)O)cc1. The van der Waals surface area contributed by atoms with Crippen molar-refractivity contribution >= 4 is 23.6 Å². The van der Waals surface area contributed by atoms with Crippen LogP contribution >= 0.6 is 11.8 Å². The maximum absolute atomic E-state index is 11.5. The van der Waals surface area contributed by atoms with E-state index in [1.54, 1.807) is 11.8 Å². The number of thioether (sulfide) groups is 1. The highest BCUT2D eigenvalue weighted by atomic mass is 32.2. The van der Waals surface area contributed by atoms with Gasteiger partial charge in [0.05, 0.1) is 12.4 Å². The molecule has 1 rings (SSSR count). The Bertz CT molecular complexity index is 433. The average Bonchev–Trinajstić information content (AvgIpc) is 2.40. The third kappa shape index (κ3) is 7.81. The van der Waals surface area contributed by atoms with Gasteiger partial charge < -0.3 is 15.2 Å². The van der Waals surface area contributed by atoms with Crippen molar-refractivity contribution in [3.63, 3.8) is 0 Å². The van der Waals surface area contributed by atoms with Crippen molar-refractivity contribution in [1.82, 2.24) is 5.32 Å².